The number of imidazole rings is 1. The number of ketones is 1. The molecule has 3 rings (SSSR count). The summed E-state index contributed by atoms with van der Waals surface area (Å²) in [6.07, 6.45) is 5.53. The summed E-state index contributed by atoms with van der Waals surface area (Å²) in [5.74, 6) is 0.635. The van der Waals surface area contributed by atoms with E-state index in [1.54, 1.807) is 28.9 Å². The smallest absolute Gasteiger partial charge is 0.280 e. The van der Waals surface area contributed by atoms with Crippen molar-refractivity contribution in [2.75, 3.05) is 13.1 Å². The minimum absolute atomic E-state index is 0.0170. The first kappa shape index (κ1) is 16.2. The molecule has 8 nitrogen and oxygen atoms in total. The Labute approximate surface area is 138 Å². The Balaban J connectivity index is 1.58. The number of aromatic amines is 1. The van der Waals surface area contributed by atoms with Gasteiger partial charge in [-0.3, -0.25) is 14.4 Å². The molecule has 0 radical (unpaired) electrons. The molecule has 1 aliphatic heterocycles. The zero-order valence-corrected chi connectivity index (χ0v) is 13.5. The summed E-state index contributed by atoms with van der Waals surface area (Å²) in [7, 11) is 1.79. The molecule has 0 aromatic carbocycles. The molecular weight excluding hydrogens is 312 g/mol. The predicted octanol–water partition coefficient (Wildman–Crippen LogP) is 0.755. The highest BCUT2D eigenvalue weighted by Crippen LogP contribution is 2.21. The molecule has 0 bridgehead atoms. The number of nitrogens with one attached hydrogen (secondary N) is 1. The highest BCUT2D eigenvalue weighted by Gasteiger charge is 2.30. The summed E-state index contributed by atoms with van der Waals surface area (Å²) in [4.78, 5) is 41.8. The van der Waals surface area contributed by atoms with E-state index >= 15 is 0 Å². The van der Waals surface area contributed by atoms with Crippen LogP contribution in [0.5, 0.6) is 0 Å². The van der Waals surface area contributed by atoms with Crippen LogP contribution < -0.4 is 5.56 Å². The monoisotopic (exact) mass is 332 g/mol. The summed E-state index contributed by atoms with van der Waals surface area (Å²) in [5.41, 5.74) is -0.309. The predicted molar refractivity (Wildman–Crippen MR) is 84.5 cm³/mol. The van der Waals surface area contributed by atoms with Crippen LogP contribution >= 0.6 is 0 Å². The number of nitrogens with zero attached hydrogens (tertiary/aromatic N) is 3. The Morgan fingerprint density at radius 3 is 2.96 bits per heavy atom. The van der Waals surface area contributed by atoms with Crippen molar-refractivity contribution in [2.45, 2.75) is 25.7 Å². The lowest BCUT2D eigenvalue weighted by Gasteiger charge is -2.31. The second kappa shape index (κ2) is 6.86. The van der Waals surface area contributed by atoms with Crippen LogP contribution in [0, 0.1) is 5.92 Å². The van der Waals surface area contributed by atoms with Crippen molar-refractivity contribution in [1.29, 1.82) is 0 Å². The van der Waals surface area contributed by atoms with Gasteiger partial charge in [0.2, 0.25) is 11.7 Å². The van der Waals surface area contributed by atoms with Gasteiger partial charge in [-0.05, 0) is 12.8 Å². The van der Waals surface area contributed by atoms with E-state index in [9.17, 15) is 14.4 Å². The lowest BCUT2D eigenvalue weighted by Crippen LogP contribution is -2.42. The van der Waals surface area contributed by atoms with E-state index in [1.807, 2.05) is 0 Å². The minimum atomic E-state index is -0.309. The molecule has 0 aliphatic carbocycles. The number of rotatable bonds is 5. The normalized spacial score (nSPS) is 17.9. The number of aromatic nitrogens is 3. The van der Waals surface area contributed by atoms with E-state index in [-0.39, 0.29) is 29.6 Å². The fraction of sp³-hybridized carbons (Fsp3) is 0.500. The molecule has 1 fully saturated rings. The quantitative estimate of drug-likeness (QED) is 0.814. The summed E-state index contributed by atoms with van der Waals surface area (Å²) in [5, 5.41) is 2.21. The van der Waals surface area contributed by atoms with Gasteiger partial charge in [0.05, 0.1) is 0 Å². The number of piperidine rings is 1. The molecule has 1 amide bonds. The number of hydrogen-bond donors (Lipinski definition) is 1. The molecule has 0 unspecified atom stereocenters. The standard InChI is InChI=1S/C16H20N4O4/c1-19-8-6-17-16(19)15(23)11-3-2-7-20(10-11)14(22)5-4-12-9-13(21)18-24-12/h6,8-9,11H,2-5,7,10H2,1H3,(H,18,21)/t11-/m1/s1. The average molecular weight is 332 g/mol. The van der Waals surface area contributed by atoms with Gasteiger partial charge in [0.15, 0.2) is 5.82 Å². The van der Waals surface area contributed by atoms with Crippen molar-refractivity contribution in [3.63, 3.8) is 0 Å². The van der Waals surface area contributed by atoms with Crippen LogP contribution in [0.4, 0.5) is 0 Å². The van der Waals surface area contributed by atoms with Crippen molar-refractivity contribution >= 4 is 11.7 Å². The Hall–Kier alpha value is -2.64. The number of carbonyl (C=O) groups is 2. The summed E-state index contributed by atoms with van der Waals surface area (Å²) >= 11 is 0. The molecule has 8 heteroatoms. The van der Waals surface area contributed by atoms with Crippen LogP contribution in [0.25, 0.3) is 0 Å². The molecule has 3 heterocycles. The largest absolute Gasteiger partial charge is 0.384 e. The molecule has 2 aromatic heterocycles. The first-order valence-electron chi connectivity index (χ1n) is 8.01. The topological polar surface area (TPSA) is 101 Å². The van der Waals surface area contributed by atoms with Crippen LogP contribution in [0.15, 0.2) is 27.8 Å². The molecule has 1 aliphatic rings. The van der Waals surface area contributed by atoms with Crippen molar-refractivity contribution < 1.29 is 14.1 Å². The van der Waals surface area contributed by atoms with Crippen LogP contribution in [0.1, 0.15) is 35.6 Å². The van der Waals surface area contributed by atoms with E-state index in [0.717, 1.165) is 12.8 Å². The van der Waals surface area contributed by atoms with Crippen molar-refractivity contribution in [3.8, 4) is 0 Å². The molecule has 2 aromatic rings. The van der Waals surface area contributed by atoms with Gasteiger partial charge in [-0.25, -0.2) is 4.98 Å². The highest BCUT2D eigenvalue weighted by molar-refractivity contribution is 5.95. The summed E-state index contributed by atoms with van der Waals surface area (Å²) in [6.45, 7) is 1.07. The number of Topliss-reactive ketones (excluding diaryl/α,β-unsaturated/α-hetero) is 1. The molecule has 1 N–H and O–H groups in total. The Bertz CT molecular complexity index is 788. The van der Waals surface area contributed by atoms with Crippen LogP contribution in [0.3, 0.4) is 0 Å². The van der Waals surface area contributed by atoms with Gasteiger partial charge in [0, 0.05) is 57.4 Å². The van der Waals surface area contributed by atoms with Crippen molar-refractivity contribution in [1.82, 2.24) is 19.6 Å². The number of hydrogen-bond acceptors (Lipinski definition) is 5. The lowest BCUT2D eigenvalue weighted by atomic mass is 9.93. The van der Waals surface area contributed by atoms with Crippen molar-refractivity contribution in [2.24, 2.45) is 13.0 Å². The molecule has 0 saturated carbocycles. The van der Waals surface area contributed by atoms with Gasteiger partial charge in [0.1, 0.15) is 5.76 Å². The van der Waals surface area contributed by atoms with Gasteiger partial charge in [-0.1, -0.05) is 0 Å². The average Bonchev–Trinajstić information content (AvgIpc) is 3.20. The molecule has 24 heavy (non-hydrogen) atoms. The minimum Gasteiger partial charge on any atom is -0.384 e. The van der Waals surface area contributed by atoms with Crippen LogP contribution in [-0.2, 0) is 18.3 Å². The molecule has 1 saturated heterocycles. The fourth-order valence-electron chi connectivity index (χ4n) is 3.04. The summed E-state index contributed by atoms with van der Waals surface area (Å²) in [6, 6.07) is 1.34. The maximum Gasteiger partial charge on any atom is 0.280 e. The lowest BCUT2D eigenvalue weighted by molar-refractivity contribution is -0.132. The Kier molecular flexibility index (Phi) is 4.64. The van der Waals surface area contributed by atoms with E-state index < -0.39 is 0 Å². The number of aryl methyl sites for hydroxylation is 2. The Morgan fingerprint density at radius 2 is 2.29 bits per heavy atom. The summed E-state index contributed by atoms with van der Waals surface area (Å²) < 4.78 is 6.66. The number of H-pyrrole nitrogens is 1. The number of carbonyl (C=O) groups excluding carboxylic acids is 2. The zero-order chi connectivity index (χ0) is 17.1. The Morgan fingerprint density at radius 1 is 1.46 bits per heavy atom. The third kappa shape index (κ3) is 3.47. The second-order valence-corrected chi connectivity index (χ2v) is 6.08. The van der Waals surface area contributed by atoms with E-state index in [1.165, 1.54) is 6.07 Å². The number of likely N-dealkylation sites (tertiary alicyclic amines) is 1. The third-order valence-corrected chi connectivity index (χ3v) is 4.35. The van der Waals surface area contributed by atoms with Gasteiger partial charge >= 0.3 is 0 Å². The SMILES string of the molecule is Cn1ccnc1C(=O)[C@@H]1CCCN(C(=O)CCc2cc(=O)[nH]o2)C1. The van der Waals surface area contributed by atoms with Gasteiger partial charge in [0.25, 0.3) is 5.56 Å². The number of amides is 1. The molecule has 0 spiro atoms. The molecule has 1 atom stereocenters. The molecular formula is C16H20N4O4. The molecule has 128 valence electrons. The van der Waals surface area contributed by atoms with Crippen LogP contribution in [0.2, 0.25) is 0 Å². The first-order chi connectivity index (χ1) is 11.5. The third-order valence-electron chi connectivity index (χ3n) is 4.35. The van der Waals surface area contributed by atoms with Crippen molar-refractivity contribution in [3.05, 3.63) is 40.4 Å². The van der Waals surface area contributed by atoms with Gasteiger partial charge in [-0.2, -0.15) is 5.16 Å². The van der Waals surface area contributed by atoms with E-state index in [4.69, 9.17) is 4.52 Å². The van der Waals surface area contributed by atoms with E-state index in [2.05, 4.69) is 10.1 Å². The van der Waals surface area contributed by atoms with Gasteiger partial charge < -0.3 is 14.0 Å². The van der Waals surface area contributed by atoms with E-state index in [0.29, 0.717) is 31.1 Å². The fourth-order valence-corrected chi connectivity index (χ4v) is 3.04. The maximum absolute atomic E-state index is 12.6. The highest BCUT2D eigenvalue weighted by atomic mass is 16.5. The first-order valence-corrected chi connectivity index (χ1v) is 8.01. The van der Waals surface area contributed by atoms with Crippen LogP contribution in [-0.4, -0.2) is 44.4 Å². The zero-order valence-electron chi connectivity index (χ0n) is 13.5. The second-order valence-electron chi connectivity index (χ2n) is 6.08. The van der Waals surface area contributed by atoms with Gasteiger partial charge in [-0.15, -0.1) is 0 Å². The maximum atomic E-state index is 12.6.